The summed E-state index contributed by atoms with van der Waals surface area (Å²) in [4.78, 5) is 27.0. The summed E-state index contributed by atoms with van der Waals surface area (Å²) in [6.45, 7) is 7.17. The summed E-state index contributed by atoms with van der Waals surface area (Å²) < 4.78 is 5.72. The lowest BCUT2D eigenvalue weighted by Crippen LogP contribution is -2.31. The maximum absolute atomic E-state index is 12.8. The highest BCUT2D eigenvalue weighted by molar-refractivity contribution is 6.16. The fourth-order valence-corrected chi connectivity index (χ4v) is 3.12. The molecule has 0 fully saturated rings. The number of para-hydroxylation sites is 1. The first-order valence-electron chi connectivity index (χ1n) is 8.25. The van der Waals surface area contributed by atoms with Crippen LogP contribution in [0.5, 0.6) is 0 Å². The zero-order valence-electron chi connectivity index (χ0n) is 14.7. The minimum absolute atomic E-state index is 0.0950. The largest absolute Gasteiger partial charge is 0.503 e. The van der Waals surface area contributed by atoms with Crippen LogP contribution < -0.4 is 4.90 Å². The smallest absolute Gasteiger partial charge is 0.294 e. The van der Waals surface area contributed by atoms with Crippen molar-refractivity contribution in [2.45, 2.75) is 33.7 Å². The van der Waals surface area contributed by atoms with Gasteiger partial charge in [-0.05, 0) is 37.6 Å². The lowest BCUT2D eigenvalue weighted by atomic mass is 9.94. The standard InChI is InChI=1S/C20H21NO4/c1-11(2)18(22)16-17(15-10-9-13(4)25-15)21(20(24)19(16)23)14-8-6-5-7-12(14)3/h5-11,17,23H,1-4H3. The van der Waals surface area contributed by atoms with Crippen LogP contribution in [0, 0.1) is 19.8 Å². The molecule has 2 heterocycles. The number of nitrogens with zero attached hydrogens (tertiary/aromatic N) is 1. The lowest BCUT2D eigenvalue weighted by molar-refractivity contribution is -0.119. The first-order valence-corrected chi connectivity index (χ1v) is 8.25. The van der Waals surface area contributed by atoms with Crippen LogP contribution in [0.4, 0.5) is 5.69 Å². The SMILES string of the molecule is Cc1ccc(C2C(C(=O)C(C)C)=C(O)C(=O)N2c2ccccc2C)o1. The second-order valence-corrected chi connectivity index (χ2v) is 6.59. The van der Waals surface area contributed by atoms with E-state index in [2.05, 4.69) is 0 Å². The van der Waals surface area contributed by atoms with Crippen molar-refractivity contribution >= 4 is 17.4 Å². The molecule has 0 bridgehead atoms. The van der Waals surface area contributed by atoms with E-state index in [1.165, 1.54) is 4.90 Å². The van der Waals surface area contributed by atoms with E-state index in [4.69, 9.17) is 4.42 Å². The van der Waals surface area contributed by atoms with Gasteiger partial charge in [-0.3, -0.25) is 14.5 Å². The third kappa shape index (κ3) is 2.76. The molecule has 2 aromatic rings. The predicted octanol–water partition coefficient (Wildman–Crippen LogP) is 4.02. The Kier molecular flexibility index (Phi) is 4.25. The molecule has 1 N–H and O–H groups in total. The Morgan fingerprint density at radius 2 is 1.84 bits per heavy atom. The van der Waals surface area contributed by atoms with E-state index >= 15 is 0 Å². The number of aliphatic hydroxyl groups excluding tert-OH is 1. The van der Waals surface area contributed by atoms with E-state index in [-0.39, 0.29) is 17.3 Å². The molecular formula is C20H21NO4. The van der Waals surface area contributed by atoms with Crippen molar-refractivity contribution in [1.29, 1.82) is 0 Å². The first-order chi connectivity index (χ1) is 11.8. The van der Waals surface area contributed by atoms with Gasteiger partial charge in [0.15, 0.2) is 11.5 Å². The molecule has 0 spiro atoms. The molecule has 0 saturated heterocycles. The molecule has 1 amide bonds. The van der Waals surface area contributed by atoms with Crippen molar-refractivity contribution in [3.63, 3.8) is 0 Å². The second kappa shape index (κ2) is 6.24. The summed E-state index contributed by atoms with van der Waals surface area (Å²) in [6, 6.07) is 10.1. The summed E-state index contributed by atoms with van der Waals surface area (Å²) in [6.07, 6.45) is 0. The van der Waals surface area contributed by atoms with Gasteiger partial charge in [-0.15, -0.1) is 0 Å². The molecule has 130 valence electrons. The fourth-order valence-electron chi connectivity index (χ4n) is 3.12. The summed E-state index contributed by atoms with van der Waals surface area (Å²) in [5.41, 5.74) is 1.61. The zero-order chi connectivity index (χ0) is 18.3. The molecule has 1 unspecified atom stereocenters. The van der Waals surface area contributed by atoms with Gasteiger partial charge in [0.05, 0.1) is 5.57 Å². The minimum atomic E-state index is -0.766. The van der Waals surface area contributed by atoms with Gasteiger partial charge in [0.2, 0.25) is 0 Å². The van der Waals surface area contributed by atoms with Gasteiger partial charge in [-0.25, -0.2) is 0 Å². The number of aryl methyl sites for hydroxylation is 2. The molecule has 5 nitrogen and oxygen atoms in total. The van der Waals surface area contributed by atoms with Crippen LogP contribution in [-0.2, 0) is 9.59 Å². The van der Waals surface area contributed by atoms with E-state index < -0.39 is 17.7 Å². The molecule has 5 heteroatoms. The van der Waals surface area contributed by atoms with Gasteiger partial charge in [-0.2, -0.15) is 0 Å². The van der Waals surface area contributed by atoms with Crippen molar-refractivity contribution in [1.82, 2.24) is 0 Å². The third-order valence-electron chi connectivity index (χ3n) is 4.40. The number of benzene rings is 1. The van der Waals surface area contributed by atoms with Crippen LogP contribution in [-0.4, -0.2) is 16.8 Å². The molecule has 1 aromatic heterocycles. The number of hydrogen-bond acceptors (Lipinski definition) is 4. The Hall–Kier alpha value is -2.82. The highest BCUT2D eigenvalue weighted by atomic mass is 16.3. The van der Waals surface area contributed by atoms with Crippen LogP contribution >= 0.6 is 0 Å². The summed E-state index contributed by atoms with van der Waals surface area (Å²) >= 11 is 0. The van der Waals surface area contributed by atoms with Crippen LogP contribution in [0.1, 0.15) is 37.0 Å². The number of amides is 1. The Morgan fingerprint density at radius 1 is 1.16 bits per heavy atom. The average molecular weight is 339 g/mol. The number of furan rings is 1. The highest BCUT2D eigenvalue weighted by Gasteiger charge is 2.46. The Labute approximate surface area is 146 Å². The number of aliphatic hydroxyl groups is 1. The number of rotatable bonds is 4. The maximum Gasteiger partial charge on any atom is 0.294 e. The molecule has 1 aliphatic rings. The molecule has 0 aliphatic carbocycles. The number of carbonyl (C=O) groups excluding carboxylic acids is 2. The van der Waals surface area contributed by atoms with Crippen molar-refractivity contribution in [3.05, 3.63) is 64.8 Å². The maximum atomic E-state index is 12.8. The summed E-state index contributed by atoms with van der Waals surface area (Å²) in [7, 11) is 0. The third-order valence-corrected chi connectivity index (χ3v) is 4.40. The Balaban J connectivity index is 2.21. The molecular weight excluding hydrogens is 318 g/mol. The Morgan fingerprint density at radius 3 is 2.40 bits per heavy atom. The minimum Gasteiger partial charge on any atom is -0.503 e. The monoisotopic (exact) mass is 339 g/mol. The van der Waals surface area contributed by atoms with E-state index in [9.17, 15) is 14.7 Å². The Bertz CT molecular complexity index is 875. The molecule has 25 heavy (non-hydrogen) atoms. The first kappa shape index (κ1) is 17.0. The topological polar surface area (TPSA) is 70.8 Å². The number of ketones is 1. The number of Topliss-reactive ketones (excluding diaryl/α,β-unsaturated/α-hetero) is 1. The summed E-state index contributed by atoms with van der Waals surface area (Å²) in [5, 5.41) is 10.5. The van der Waals surface area contributed by atoms with Crippen LogP contribution in [0.2, 0.25) is 0 Å². The molecule has 0 radical (unpaired) electrons. The van der Waals surface area contributed by atoms with E-state index in [1.807, 2.05) is 25.1 Å². The van der Waals surface area contributed by atoms with Crippen molar-refractivity contribution in [2.75, 3.05) is 4.90 Å². The van der Waals surface area contributed by atoms with E-state index in [0.717, 1.165) is 5.56 Å². The zero-order valence-corrected chi connectivity index (χ0v) is 14.7. The molecule has 1 atom stereocenters. The van der Waals surface area contributed by atoms with Gasteiger partial charge in [-0.1, -0.05) is 32.0 Å². The van der Waals surface area contributed by atoms with Gasteiger partial charge in [0, 0.05) is 11.6 Å². The number of carbonyl (C=O) groups is 2. The average Bonchev–Trinajstić information content (AvgIpc) is 3.10. The highest BCUT2D eigenvalue weighted by Crippen LogP contribution is 2.43. The normalized spacial score (nSPS) is 17.7. The van der Waals surface area contributed by atoms with E-state index in [1.54, 1.807) is 39.0 Å². The second-order valence-electron chi connectivity index (χ2n) is 6.59. The fraction of sp³-hybridized carbons (Fsp3) is 0.300. The van der Waals surface area contributed by atoms with Gasteiger partial charge >= 0.3 is 0 Å². The molecule has 3 rings (SSSR count). The molecule has 1 aliphatic heterocycles. The summed E-state index contributed by atoms with van der Waals surface area (Å²) in [5.74, 6) is -0.559. The van der Waals surface area contributed by atoms with Crippen molar-refractivity contribution in [2.24, 2.45) is 5.92 Å². The van der Waals surface area contributed by atoms with Crippen LogP contribution in [0.15, 0.2) is 52.1 Å². The number of anilines is 1. The number of hydrogen-bond donors (Lipinski definition) is 1. The van der Waals surface area contributed by atoms with Crippen molar-refractivity contribution in [3.8, 4) is 0 Å². The van der Waals surface area contributed by atoms with Gasteiger partial charge in [0.25, 0.3) is 5.91 Å². The molecule has 0 saturated carbocycles. The predicted molar refractivity (Wildman–Crippen MR) is 94.4 cm³/mol. The van der Waals surface area contributed by atoms with Gasteiger partial charge in [0.1, 0.15) is 17.6 Å². The van der Waals surface area contributed by atoms with E-state index in [0.29, 0.717) is 17.2 Å². The van der Waals surface area contributed by atoms with Crippen molar-refractivity contribution < 1.29 is 19.1 Å². The quantitative estimate of drug-likeness (QED) is 0.913. The van der Waals surface area contributed by atoms with Crippen LogP contribution in [0.25, 0.3) is 0 Å². The molecule has 1 aromatic carbocycles. The van der Waals surface area contributed by atoms with Gasteiger partial charge < -0.3 is 9.52 Å². The van der Waals surface area contributed by atoms with Crippen LogP contribution in [0.3, 0.4) is 0 Å². The lowest BCUT2D eigenvalue weighted by Gasteiger charge is -2.26.